The lowest BCUT2D eigenvalue weighted by Gasteiger charge is -2.09. The Hall–Kier alpha value is -2.60. The lowest BCUT2D eigenvalue weighted by Crippen LogP contribution is -2.23. The molecule has 23 heavy (non-hydrogen) atoms. The van der Waals surface area contributed by atoms with E-state index in [-0.39, 0.29) is 5.91 Å². The normalized spacial score (nSPS) is 10.5. The average molecular weight is 327 g/mol. The maximum atomic E-state index is 12.4. The second-order valence-corrected chi connectivity index (χ2v) is 5.86. The SMILES string of the molecule is COc1nn(C)cc1C(=O)NCc1ccccc1-c1ccsc1. The van der Waals surface area contributed by atoms with E-state index < -0.39 is 0 Å². The van der Waals surface area contributed by atoms with Gasteiger partial charge in [0.15, 0.2) is 0 Å². The largest absolute Gasteiger partial charge is 0.479 e. The summed E-state index contributed by atoms with van der Waals surface area (Å²) in [5, 5.41) is 11.2. The smallest absolute Gasteiger partial charge is 0.258 e. The number of aryl methyl sites for hydroxylation is 1. The fourth-order valence-corrected chi connectivity index (χ4v) is 3.07. The minimum absolute atomic E-state index is 0.199. The van der Waals surface area contributed by atoms with Gasteiger partial charge in [-0.15, -0.1) is 5.10 Å². The van der Waals surface area contributed by atoms with E-state index in [9.17, 15) is 4.79 Å². The standard InChI is InChI=1S/C17H17N3O2S/c1-20-10-15(17(19-20)22-2)16(21)18-9-12-5-3-4-6-14(12)13-7-8-23-11-13/h3-8,10-11H,9H2,1-2H3,(H,18,21). The zero-order chi connectivity index (χ0) is 16.2. The molecule has 2 heterocycles. The molecule has 0 unspecified atom stereocenters. The van der Waals surface area contributed by atoms with Crippen molar-refractivity contribution < 1.29 is 9.53 Å². The fraction of sp³-hybridized carbons (Fsp3) is 0.176. The van der Waals surface area contributed by atoms with Gasteiger partial charge >= 0.3 is 0 Å². The van der Waals surface area contributed by atoms with Crippen molar-refractivity contribution in [3.8, 4) is 17.0 Å². The minimum Gasteiger partial charge on any atom is -0.479 e. The lowest BCUT2D eigenvalue weighted by molar-refractivity contribution is 0.0948. The molecule has 3 rings (SSSR count). The summed E-state index contributed by atoms with van der Waals surface area (Å²) < 4.78 is 6.69. The molecular formula is C17H17N3O2S. The topological polar surface area (TPSA) is 56.2 Å². The summed E-state index contributed by atoms with van der Waals surface area (Å²) in [6, 6.07) is 10.1. The van der Waals surface area contributed by atoms with Crippen molar-refractivity contribution in [2.24, 2.45) is 7.05 Å². The molecule has 1 amide bonds. The Morgan fingerprint density at radius 3 is 2.91 bits per heavy atom. The molecule has 2 aromatic heterocycles. The number of ether oxygens (including phenoxy) is 1. The molecule has 0 saturated heterocycles. The second kappa shape index (κ2) is 6.66. The molecule has 1 N–H and O–H groups in total. The predicted molar refractivity (Wildman–Crippen MR) is 90.7 cm³/mol. The molecule has 0 spiro atoms. The number of hydrogen-bond donors (Lipinski definition) is 1. The maximum absolute atomic E-state index is 12.4. The third-order valence-corrected chi connectivity index (χ3v) is 4.21. The van der Waals surface area contributed by atoms with Crippen LogP contribution in [0, 0.1) is 0 Å². The number of benzene rings is 1. The highest BCUT2D eigenvalue weighted by Gasteiger charge is 2.16. The van der Waals surface area contributed by atoms with Crippen molar-refractivity contribution in [2.45, 2.75) is 6.54 Å². The summed E-state index contributed by atoms with van der Waals surface area (Å²) in [6.45, 7) is 0.447. The molecule has 6 heteroatoms. The number of amides is 1. The molecular weight excluding hydrogens is 310 g/mol. The van der Waals surface area contributed by atoms with Gasteiger partial charge in [0.2, 0.25) is 5.88 Å². The van der Waals surface area contributed by atoms with Gasteiger partial charge in [-0.2, -0.15) is 11.3 Å². The predicted octanol–water partition coefficient (Wildman–Crippen LogP) is 3.09. The van der Waals surface area contributed by atoms with Crippen LogP contribution in [0.4, 0.5) is 0 Å². The minimum atomic E-state index is -0.199. The van der Waals surface area contributed by atoms with Crippen LogP contribution in [0.25, 0.3) is 11.1 Å². The van der Waals surface area contributed by atoms with Gasteiger partial charge in [-0.3, -0.25) is 9.48 Å². The first-order chi connectivity index (χ1) is 11.2. The highest BCUT2D eigenvalue weighted by Crippen LogP contribution is 2.26. The van der Waals surface area contributed by atoms with Crippen LogP contribution in [0.3, 0.4) is 0 Å². The number of thiophene rings is 1. The summed E-state index contributed by atoms with van der Waals surface area (Å²) >= 11 is 1.66. The Morgan fingerprint density at radius 1 is 1.35 bits per heavy atom. The average Bonchev–Trinajstić information content (AvgIpc) is 3.22. The number of hydrogen-bond acceptors (Lipinski definition) is 4. The van der Waals surface area contributed by atoms with Crippen LogP contribution in [0.2, 0.25) is 0 Å². The van der Waals surface area contributed by atoms with Gasteiger partial charge in [0.1, 0.15) is 5.56 Å². The van der Waals surface area contributed by atoms with Gasteiger partial charge < -0.3 is 10.1 Å². The zero-order valence-electron chi connectivity index (χ0n) is 12.9. The quantitative estimate of drug-likeness (QED) is 0.783. The molecule has 118 valence electrons. The number of methoxy groups -OCH3 is 1. The molecule has 0 aliphatic carbocycles. The van der Waals surface area contributed by atoms with E-state index in [4.69, 9.17) is 4.74 Å². The second-order valence-electron chi connectivity index (χ2n) is 5.08. The van der Waals surface area contributed by atoms with Gasteiger partial charge in [-0.25, -0.2) is 0 Å². The highest BCUT2D eigenvalue weighted by atomic mass is 32.1. The number of nitrogens with zero attached hydrogens (tertiary/aromatic N) is 2. The molecule has 5 nitrogen and oxygen atoms in total. The molecule has 0 bridgehead atoms. The Kier molecular flexibility index (Phi) is 4.43. The van der Waals surface area contributed by atoms with Crippen molar-refractivity contribution in [3.63, 3.8) is 0 Å². The number of nitrogens with one attached hydrogen (secondary N) is 1. The van der Waals surface area contributed by atoms with E-state index in [0.29, 0.717) is 18.0 Å². The van der Waals surface area contributed by atoms with E-state index in [1.165, 1.54) is 12.7 Å². The third-order valence-electron chi connectivity index (χ3n) is 3.52. The Balaban J connectivity index is 1.77. The summed E-state index contributed by atoms with van der Waals surface area (Å²) in [4.78, 5) is 12.4. The third kappa shape index (κ3) is 3.27. The van der Waals surface area contributed by atoms with Gasteiger partial charge in [0.25, 0.3) is 5.91 Å². The lowest BCUT2D eigenvalue weighted by atomic mass is 10.0. The first kappa shape index (κ1) is 15.3. The van der Waals surface area contributed by atoms with E-state index >= 15 is 0 Å². The number of rotatable bonds is 5. The molecule has 1 aromatic carbocycles. The monoisotopic (exact) mass is 327 g/mol. The molecule has 0 fully saturated rings. The van der Waals surface area contributed by atoms with Crippen molar-refractivity contribution in [3.05, 3.63) is 58.4 Å². The van der Waals surface area contributed by atoms with Crippen LogP contribution in [0.5, 0.6) is 5.88 Å². The van der Waals surface area contributed by atoms with Gasteiger partial charge in [-0.1, -0.05) is 24.3 Å². The highest BCUT2D eigenvalue weighted by molar-refractivity contribution is 7.08. The molecule has 0 aliphatic rings. The van der Waals surface area contributed by atoms with Crippen LogP contribution in [0.15, 0.2) is 47.3 Å². The van der Waals surface area contributed by atoms with E-state index in [0.717, 1.165) is 11.1 Å². The van der Waals surface area contributed by atoms with E-state index in [1.807, 2.05) is 23.6 Å². The molecule has 0 radical (unpaired) electrons. The Labute approximate surface area is 138 Å². The zero-order valence-corrected chi connectivity index (χ0v) is 13.8. The summed E-state index contributed by atoms with van der Waals surface area (Å²) in [5.41, 5.74) is 3.80. The van der Waals surface area contributed by atoms with Crippen LogP contribution in [-0.4, -0.2) is 22.8 Å². The van der Waals surface area contributed by atoms with Crippen molar-refractivity contribution >= 4 is 17.2 Å². The first-order valence-corrected chi connectivity index (χ1v) is 8.09. The van der Waals surface area contributed by atoms with Crippen molar-refractivity contribution in [1.82, 2.24) is 15.1 Å². The number of carbonyl (C=O) groups is 1. The molecule has 0 aliphatic heterocycles. The molecule has 0 atom stereocenters. The maximum Gasteiger partial charge on any atom is 0.258 e. The number of aromatic nitrogens is 2. The Morgan fingerprint density at radius 2 is 2.17 bits per heavy atom. The van der Waals surface area contributed by atoms with Gasteiger partial charge in [-0.05, 0) is 33.5 Å². The van der Waals surface area contributed by atoms with Crippen LogP contribution in [0.1, 0.15) is 15.9 Å². The van der Waals surface area contributed by atoms with Crippen LogP contribution >= 0.6 is 11.3 Å². The first-order valence-electron chi connectivity index (χ1n) is 7.15. The van der Waals surface area contributed by atoms with E-state index in [2.05, 4.69) is 27.9 Å². The van der Waals surface area contributed by atoms with Crippen LogP contribution < -0.4 is 10.1 Å². The van der Waals surface area contributed by atoms with E-state index in [1.54, 1.807) is 29.3 Å². The van der Waals surface area contributed by atoms with Crippen molar-refractivity contribution in [1.29, 1.82) is 0 Å². The summed E-state index contributed by atoms with van der Waals surface area (Å²) in [7, 11) is 3.26. The van der Waals surface area contributed by atoms with Crippen LogP contribution in [-0.2, 0) is 13.6 Å². The Bertz CT molecular complexity index is 809. The number of carbonyl (C=O) groups excluding carboxylic acids is 1. The van der Waals surface area contributed by atoms with Crippen molar-refractivity contribution in [2.75, 3.05) is 7.11 Å². The van der Waals surface area contributed by atoms with Gasteiger partial charge in [0, 0.05) is 19.8 Å². The molecule has 3 aromatic rings. The van der Waals surface area contributed by atoms with Gasteiger partial charge in [0.05, 0.1) is 7.11 Å². The molecule has 0 saturated carbocycles. The fourth-order valence-electron chi connectivity index (χ4n) is 2.42. The summed E-state index contributed by atoms with van der Waals surface area (Å²) in [6.07, 6.45) is 1.65. The summed E-state index contributed by atoms with van der Waals surface area (Å²) in [5.74, 6) is 0.131.